The summed E-state index contributed by atoms with van der Waals surface area (Å²) >= 11 is 0. The molecule has 24 heavy (non-hydrogen) atoms. The molecule has 0 radical (unpaired) electrons. The van der Waals surface area contributed by atoms with Crippen LogP contribution in [0.4, 0.5) is 13.2 Å². The Bertz CT molecular complexity index is 460. The Morgan fingerprint density at radius 1 is 1.21 bits per heavy atom. The molecule has 4 atom stereocenters. The van der Waals surface area contributed by atoms with Gasteiger partial charge in [0.15, 0.2) is 0 Å². The van der Waals surface area contributed by atoms with Crippen LogP contribution < -0.4 is 5.32 Å². The van der Waals surface area contributed by atoms with Crippen LogP contribution in [0.15, 0.2) is 0 Å². The molecule has 0 aromatic rings. The molecule has 138 valence electrons. The number of nitrogens with zero attached hydrogens (tertiary/aromatic N) is 2. The van der Waals surface area contributed by atoms with E-state index in [1.807, 2.05) is 6.92 Å². The molecular formula is C16H26F3N3O2. The van der Waals surface area contributed by atoms with Gasteiger partial charge in [-0.3, -0.25) is 14.6 Å². The van der Waals surface area contributed by atoms with Gasteiger partial charge in [0.2, 0.25) is 5.91 Å². The molecule has 1 amide bonds. The quantitative estimate of drug-likeness (QED) is 0.825. The van der Waals surface area contributed by atoms with Crippen molar-refractivity contribution in [3.8, 4) is 0 Å². The van der Waals surface area contributed by atoms with Crippen LogP contribution in [-0.4, -0.2) is 72.5 Å². The minimum absolute atomic E-state index is 0.0153. The van der Waals surface area contributed by atoms with Gasteiger partial charge in [0.1, 0.15) is 6.04 Å². The second kappa shape index (κ2) is 7.17. The summed E-state index contributed by atoms with van der Waals surface area (Å²) in [5, 5.41) is 2.80. The van der Waals surface area contributed by atoms with Gasteiger partial charge < -0.3 is 10.1 Å². The van der Waals surface area contributed by atoms with E-state index in [1.165, 1.54) is 4.90 Å². The van der Waals surface area contributed by atoms with Gasteiger partial charge in [-0.05, 0) is 26.2 Å². The first-order valence-electron chi connectivity index (χ1n) is 8.81. The number of halogens is 3. The Labute approximate surface area is 140 Å². The number of alkyl halides is 3. The van der Waals surface area contributed by atoms with Crippen molar-refractivity contribution in [3.63, 3.8) is 0 Å². The Hall–Kier alpha value is -0.860. The summed E-state index contributed by atoms with van der Waals surface area (Å²) in [5.74, 6) is -0.151. The average Bonchev–Trinajstić information content (AvgIpc) is 2.54. The Balaban J connectivity index is 1.73. The molecule has 2 unspecified atom stereocenters. The lowest BCUT2D eigenvalue weighted by Gasteiger charge is -2.48. The number of piperidine rings is 2. The number of morpholine rings is 1. The highest BCUT2D eigenvalue weighted by atomic mass is 19.4. The highest BCUT2D eigenvalue weighted by molar-refractivity contribution is 5.77. The summed E-state index contributed by atoms with van der Waals surface area (Å²) in [4.78, 5) is 15.9. The predicted octanol–water partition coefficient (Wildman–Crippen LogP) is 1.73. The third-order valence-electron chi connectivity index (χ3n) is 5.45. The molecule has 0 saturated carbocycles. The third-order valence-corrected chi connectivity index (χ3v) is 5.45. The molecule has 0 aliphatic carbocycles. The molecule has 3 aliphatic heterocycles. The van der Waals surface area contributed by atoms with Crippen molar-refractivity contribution in [3.05, 3.63) is 0 Å². The van der Waals surface area contributed by atoms with Crippen molar-refractivity contribution >= 4 is 5.91 Å². The number of likely N-dealkylation sites (tertiary alicyclic amines) is 1. The molecule has 0 aromatic carbocycles. The minimum atomic E-state index is -4.25. The molecule has 0 aromatic heterocycles. The lowest BCUT2D eigenvalue weighted by atomic mass is 9.94. The molecule has 3 heterocycles. The molecule has 5 nitrogen and oxygen atoms in total. The number of amides is 1. The van der Waals surface area contributed by atoms with Crippen LogP contribution in [0.3, 0.4) is 0 Å². The van der Waals surface area contributed by atoms with Crippen molar-refractivity contribution in [2.45, 2.75) is 69.5 Å². The monoisotopic (exact) mass is 349 g/mol. The van der Waals surface area contributed by atoms with Crippen LogP contribution in [0.1, 0.15) is 39.0 Å². The maximum atomic E-state index is 13.4. The van der Waals surface area contributed by atoms with Crippen molar-refractivity contribution in [1.82, 2.24) is 15.1 Å². The van der Waals surface area contributed by atoms with Crippen molar-refractivity contribution in [2.24, 2.45) is 0 Å². The number of hydrogen-bond donors (Lipinski definition) is 1. The van der Waals surface area contributed by atoms with E-state index in [1.54, 1.807) is 0 Å². The van der Waals surface area contributed by atoms with Crippen molar-refractivity contribution < 1.29 is 22.7 Å². The first-order chi connectivity index (χ1) is 11.4. The summed E-state index contributed by atoms with van der Waals surface area (Å²) in [5.41, 5.74) is 0. The minimum Gasteiger partial charge on any atom is -0.379 e. The number of rotatable bonds is 2. The number of nitrogens with one attached hydrogen (secondary N) is 1. The molecule has 3 fully saturated rings. The normalized spacial score (nSPS) is 37.2. The Morgan fingerprint density at radius 3 is 2.71 bits per heavy atom. The summed E-state index contributed by atoms with van der Waals surface area (Å²) in [7, 11) is 0. The molecule has 3 aliphatic rings. The highest BCUT2D eigenvalue weighted by Crippen LogP contribution is 2.34. The Kier molecular flexibility index (Phi) is 5.36. The van der Waals surface area contributed by atoms with Crippen LogP contribution in [0.25, 0.3) is 0 Å². The molecule has 0 bridgehead atoms. The standard InChI is InChI=1S/C16H26F3N3O2/c1-11-10-24-7-6-21(11)12-8-14(20-15(23)9-12)22-5-3-2-4-13(22)16(17,18)19/h11-14H,2-10H2,1H3,(H,20,23)/t11-,12?,13+,14?/m1/s1. The second-order valence-corrected chi connectivity index (χ2v) is 7.13. The van der Waals surface area contributed by atoms with E-state index in [0.29, 0.717) is 39.0 Å². The van der Waals surface area contributed by atoms with Crippen LogP contribution in [0.2, 0.25) is 0 Å². The number of carbonyl (C=O) groups is 1. The van der Waals surface area contributed by atoms with Crippen LogP contribution in [0, 0.1) is 0 Å². The fourth-order valence-corrected chi connectivity index (χ4v) is 4.29. The predicted molar refractivity (Wildman–Crippen MR) is 82.3 cm³/mol. The van der Waals surface area contributed by atoms with Crippen LogP contribution in [0.5, 0.6) is 0 Å². The maximum Gasteiger partial charge on any atom is 0.404 e. The third kappa shape index (κ3) is 3.86. The summed E-state index contributed by atoms with van der Waals surface area (Å²) in [6.07, 6.45) is -2.42. The topological polar surface area (TPSA) is 44.8 Å². The van der Waals surface area contributed by atoms with Gasteiger partial charge in [0.25, 0.3) is 0 Å². The summed E-state index contributed by atoms with van der Waals surface area (Å²) in [6.45, 7) is 4.38. The van der Waals surface area contributed by atoms with Crippen LogP contribution >= 0.6 is 0 Å². The van der Waals surface area contributed by atoms with E-state index in [0.717, 1.165) is 13.0 Å². The SMILES string of the molecule is C[C@@H]1COCCN1C1CC(=O)NC(N2CCCC[C@H]2C(F)(F)F)C1. The van der Waals surface area contributed by atoms with Gasteiger partial charge >= 0.3 is 6.18 Å². The second-order valence-electron chi connectivity index (χ2n) is 7.13. The van der Waals surface area contributed by atoms with Gasteiger partial charge in [-0.25, -0.2) is 0 Å². The molecule has 0 spiro atoms. The summed E-state index contributed by atoms with van der Waals surface area (Å²) < 4.78 is 45.6. The van der Waals surface area contributed by atoms with Gasteiger partial charge in [-0.2, -0.15) is 13.2 Å². The molecule has 3 saturated heterocycles. The number of ether oxygens (including phenoxy) is 1. The molecule has 8 heteroatoms. The van der Waals surface area contributed by atoms with E-state index in [9.17, 15) is 18.0 Å². The van der Waals surface area contributed by atoms with Crippen molar-refractivity contribution in [2.75, 3.05) is 26.3 Å². The first-order valence-corrected chi connectivity index (χ1v) is 8.81. The molecular weight excluding hydrogens is 323 g/mol. The maximum absolute atomic E-state index is 13.4. The molecule has 1 N–H and O–H groups in total. The zero-order chi connectivity index (χ0) is 17.3. The number of carbonyl (C=O) groups excluding carboxylic acids is 1. The van der Waals surface area contributed by atoms with E-state index >= 15 is 0 Å². The fourth-order valence-electron chi connectivity index (χ4n) is 4.29. The fraction of sp³-hybridized carbons (Fsp3) is 0.938. The van der Waals surface area contributed by atoms with Gasteiger partial charge in [-0.1, -0.05) is 6.42 Å². The smallest absolute Gasteiger partial charge is 0.379 e. The van der Waals surface area contributed by atoms with Gasteiger partial charge in [0.05, 0.1) is 19.4 Å². The Morgan fingerprint density at radius 2 is 2.00 bits per heavy atom. The highest BCUT2D eigenvalue weighted by Gasteiger charge is 2.48. The van der Waals surface area contributed by atoms with Crippen LogP contribution in [-0.2, 0) is 9.53 Å². The lowest BCUT2D eigenvalue weighted by Crippen LogP contribution is -2.64. The van der Waals surface area contributed by atoms with E-state index in [2.05, 4.69) is 10.2 Å². The van der Waals surface area contributed by atoms with E-state index in [4.69, 9.17) is 4.74 Å². The van der Waals surface area contributed by atoms with E-state index < -0.39 is 18.4 Å². The zero-order valence-corrected chi connectivity index (χ0v) is 14.0. The number of hydrogen-bond acceptors (Lipinski definition) is 4. The van der Waals surface area contributed by atoms with Gasteiger partial charge in [-0.15, -0.1) is 0 Å². The average molecular weight is 349 g/mol. The van der Waals surface area contributed by atoms with E-state index in [-0.39, 0.29) is 24.4 Å². The largest absolute Gasteiger partial charge is 0.404 e. The zero-order valence-electron chi connectivity index (χ0n) is 14.0. The van der Waals surface area contributed by atoms with Gasteiger partial charge in [0, 0.05) is 31.6 Å². The first kappa shape index (κ1) is 17.9. The molecule has 3 rings (SSSR count). The summed E-state index contributed by atoms with van der Waals surface area (Å²) in [6, 6.07) is -1.27. The van der Waals surface area contributed by atoms with Crippen molar-refractivity contribution in [1.29, 1.82) is 0 Å². The lowest BCUT2D eigenvalue weighted by molar-refractivity contribution is -0.202.